The van der Waals surface area contributed by atoms with Gasteiger partial charge in [0.05, 0.1) is 7.11 Å². The van der Waals surface area contributed by atoms with Crippen LogP contribution in [0.25, 0.3) is 33.6 Å². The van der Waals surface area contributed by atoms with E-state index in [0.29, 0.717) is 18.3 Å². The molecular weight excluding hydrogens is 669 g/mol. The number of rotatable bonds is 11. The number of hydrogen-bond donors (Lipinski definition) is 0. The number of benzene rings is 5. The van der Waals surface area contributed by atoms with Gasteiger partial charge in [-0.15, -0.1) is 15.0 Å². The molecular formula is C46H38N6O2. The number of pyridine rings is 2. The Kier molecular flexibility index (Phi) is 9.47. The van der Waals surface area contributed by atoms with Gasteiger partial charge in [0.2, 0.25) is 11.7 Å². The zero-order valence-electron chi connectivity index (χ0n) is 30.3. The van der Waals surface area contributed by atoms with E-state index in [-0.39, 0.29) is 0 Å². The summed E-state index contributed by atoms with van der Waals surface area (Å²) < 4.78 is 11.9. The van der Waals surface area contributed by atoms with Crippen molar-refractivity contribution >= 4 is 0 Å². The van der Waals surface area contributed by atoms with Crippen molar-refractivity contribution in [2.24, 2.45) is 0 Å². The van der Waals surface area contributed by atoms with Gasteiger partial charge in [0.1, 0.15) is 12.4 Å². The van der Waals surface area contributed by atoms with Crippen molar-refractivity contribution in [1.82, 2.24) is 30.2 Å². The molecule has 0 atom stereocenters. The molecule has 0 aliphatic carbocycles. The summed E-state index contributed by atoms with van der Waals surface area (Å²) in [6.45, 7) is 4.26. The Morgan fingerprint density at radius 2 is 1.24 bits per heavy atom. The zero-order chi connectivity index (χ0) is 36.9. The molecule has 0 amide bonds. The van der Waals surface area contributed by atoms with E-state index in [1.165, 1.54) is 0 Å². The monoisotopic (exact) mass is 706 g/mol. The van der Waals surface area contributed by atoms with Crippen molar-refractivity contribution in [1.29, 1.82) is 0 Å². The first-order chi connectivity index (χ1) is 26.5. The van der Waals surface area contributed by atoms with Crippen LogP contribution in [-0.2, 0) is 12.1 Å². The largest absolute Gasteiger partial charge is 0.488 e. The zero-order valence-corrected chi connectivity index (χ0v) is 30.3. The lowest BCUT2D eigenvalue weighted by Crippen LogP contribution is -2.39. The number of methoxy groups -OCH3 is 1. The summed E-state index contributed by atoms with van der Waals surface area (Å²) in [4.78, 5) is 10.9. The lowest BCUT2D eigenvalue weighted by molar-refractivity contribution is 0.307. The van der Waals surface area contributed by atoms with Gasteiger partial charge in [-0.1, -0.05) is 133 Å². The topological polar surface area (TPSA) is 87.8 Å². The lowest BCUT2D eigenvalue weighted by Gasteiger charge is -2.34. The van der Waals surface area contributed by atoms with Crippen LogP contribution < -0.4 is 9.47 Å². The molecule has 0 bridgehead atoms. The average Bonchev–Trinajstić information content (AvgIpc) is 3.72. The number of tetrazole rings is 1. The average molecular weight is 707 g/mol. The van der Waals surface area contributed by atoms with E-state index in [2.05, 4.69) is 71.7 Å². The molecule has 3 heterocycles. The molecule has 264 valence electrons. The Bertz CT molecular complexity index is 2390. The Hall–Kier alpha value is -6.93. The van der Waals surface area contributed by atoms with E-state index < -0.39 is 5.54 Å². The van der Waals surface area contributed by atoms with Crippen LogP contribution in [0.1, 0.15) is 33.6 Å². The lowest BCUT2D eigenvalue weighted by atomic mass is 9.77. The highest BCUT2D eigenvalue weighted by atomic mass is 16.5. The van der Waals surface area contributed by atoms with Gasteiger partial charge in [0.25, 0.3) is 0 Å². The van der Waals surface area contributed by atoms with Crippen molar-refractivity contribution in [2.45, 2.75) is 26.0 Å². The first-order valence-electron chi connectivity index (χ1n) is 17.8. The molecule has 0 N–H and O–H groups in total. The highest BCUT2D eigenvalue weighted by Gasteiger charge is 2.41. The van der Waals surface area contributed by atoms with Gasteiger partial charge in [-0.3, -0.25) is 4.98 Å². The molecule has 0 spiro atoms. The van der Waals surface area contributed by atoms with Gasteiger partial charge in [-0.25, -0.2) is 4.98 Å². The van der Waals surface area contributed by atoms with E-state index in [1.54, 1.807) is 18.1 Å². The van der Waals surface area contributed by atoms with E-state index in [9.17, 15) is 0 Å². The molecule has 3 aromatic heterocycles. The first-order valence-corrected chi connectivity index (χ1v) is 17.8. The summed E-state index contributed by atoms with van der Waals surface area (Å²) >= 11 is 0. The summed E-state index contributed by atoms with van der Waals surface area (Å²) in [6.07, 6.45) is 1.78. The molecule has 0 saturated heterocycles. The van der Waals surface area contributed by atoms with Crippen LogP contribution in [-0.4, -0.2) is 37.3 Å². The normalized spacial score (nSPS) is 11.3. The van der Waals surface area contributed by atoms with Gasteiger partial charge in [-0.05, 0) is 64.6 Å². The fraction of sp³-hybridized carbons (Fsp3) is 0.109. The van der Waals surface area contributed by atoms with Gasteiger partial charge < -0.3 is 9.47 Å². The summed E-state index contributed by atoms with van der Waals surface area (Å²) in [6, 6.07) is 53.5. The third-order valence-corrected chi connectivity index (χ3v) is 9.62. The second-order valence-electron chi connectivity index (χ2n) is 13.1. The molecule has 0 radical (unpaired) electrons. The minimum absolute atomic E-state index is 0.303. The van der Waals surface area contributed by atoms with Crippen LogP contribution in [0.5, 0.6) is 11.6 Å². The maximum atomic E-state index is 6.60. The van der Waals surface area contributed by atoms with Crippen molar-refractivity contribution in [2.75, 3.05) is 7.11 Å². The Morgan fingerprint density at radius 1 is 0.630 bits per heavy atom. The predicted molar refractivity (Wildman–Crippen MR) is 211 cm³/mol. The quantitative estimate of drug-likeness (QED) is 0.124. The van der Waals surface area contributed by atoms with E-state index in [1.807, 2.05) is 105 Å². The molecule has 5 aromatic carbocycles. The third-order valence-electron chi connectivity index (χ3n) is 9.62. The van der Waals surface area contributed by atoms with Gasteiger partial charge >= 0.3 is 0 Å². The number of aryl methyl sites for hydroxylation is 2. The predicted octanol–water partition coefficient (Wildman–Crippen LogP) is 9.51. The SMILES string of the molecule is COc1ccc(-c2c(OCc3ccc(-c4ccccc4)c(-c4nnn(C(c5ccccc5)(c5ccccc5)c5ccccc5)n4)c3)cc(C)nc2C)cn1. The summed E-state index contributed by atoms with van der Waals surface area (Å²) in [5.74, 6) is 1.77. The fourth-order valence-corrected chi connectivity index (χ4v) is 7.15. The smallest absolute Gasteiger partial charge is 0.212 e. The van der Waals surface area contributed by atoms with Crippen LogP contribution in [0.3, 0.4) is 0 Å². The summed E-state index contributed by atoms with van der Waals surface area (Å²) in [7, 11) is 1.61. The Morgan fingerprint density at radius 3 is 1.81 bits per heavy atom. The molecule has 8 nitrogen and oxygen atoms in total. The highest BCUT2D eigenvalue weighted by Crippen LogP contribution is 2.41. The molecule has 0 fully saturated rings. The third kappa shape index (κ3) is 6.50. The molecule has 0 unspecified atom stereocenters. The van der Waals surface area contributed by atoms with Gasteiger partial charge in [0.15, 0.2) is 5.54 Å². The highest BCUT2D eigenvalue weighted by molar-refractivity contribution is 5.81. The maximum Gasteiger partial charge on any atom is 0.212 e. The van der Waals surface area contributed by atoms with Crippen LogP contribution in [0.4, 0.5) is 0 Å². The molecule has 8 aromatic rings. The Labute approximate surface area is 314 Å². The minimum atomic E-state index is -0.896. The van der Waals surface area contributed by atoms with Crippen molar-refractivity contribution in [3.8, 4) is 45.3 Å². The van der Waals surface area contributed by atoms with Crippen LogP contribution in [0.2, 0.25) is 0 Å². The second kappa shape index (κ2) is 15.0. The van der Waals surface area contributed by atoms with E-state index in [0.717, 1.165) is 67.2 Å². The molecule has 54 heavy (non-hydrogen) atoms. The maximum absolute atomic E-state index is 6.60. The minimum Gasteiger partial charge on any atom is -0.488 e. The molecule has 0 aliphatic rings. The molecule has 8 rings (SSSR count). The molecule has 0 saturated carbocycles. The van der Waals surface area contributed by atoms with Crippen molar-refractivity contribution in [3.05, 3.63) is 198 Å². The van der Waals surface area contributed by atoms with E-state index in [4.69, 9.17) is 29.9 Å². The van der Waals surface area contributed by atoms with E-state index >= 15 is 0 Å². The first kappa shape index (κ1) is 34.2. The second-order valence-corrected chi connectivity index (χ2v) is 13.1. The van der Waals surface area contributed by atoms with Gasteiger partial charge in [-0.2, -0.15) is 0 Å². The van der Waals surface area contributed by atoms with Crippen LogP contribution in [0.15, 0.2) is 164 Å². The fourth-order valence-electron chi connectivity index (χ4n) is 7.15. The van der Waals surface area contributed by atoms with Gasteiger partial charge in [0, 0.05) is 46.4 Å². The number of hydrogen-bond acceptors (Lipinski definition) is 7. The summed E-state index contributed by atoms with van der Waals surface area (Å²) in [5, 5.41) is 14.9. The summed E-state index contributed by atoms with van der Waals surface area (Å²) in [5.41, 5.74) is 9.50. The van der Waals surface area contributed by atoms with Crippen LogP contribution >= 0.6 is 0 Å². The number of ether oxygens (including phenoxy) is 2. The van der Waals surface area contributed by atoms with Crippen molar-refractivity contribution < 1.29 is 9.47 Å². The molecule has 0 aliphatic heterocycles. The standard InChI is InChI=1S/C46H38N6O2/c1-32-28-42(44(33(2)48-32)36-25-27-43(53-3)47-30-36)54-31-34-24-26-40(35-16-8-4-9-17-35)41(29-34)45-49-51-52(50-45)46(37-18-10-5-11-19-37,38-20-12-6-13-21-38)39-22-14-7-15-23-39/h4-30H,31H2,1-3H3. The number of nitrogens with zero attached hydrogens (tertiary/aromatic N) is 6. The van der Waals surface area contributed by atoms with Crippen LogP contribution in [0, 0.1) is 13.8 Å². The number of aromatic nitrogens is 6. The Balaban J connectivity index is 1.24. The van der Waals surface area contributed by atoms with Crippen molar-refractivity contribution in [3.63, 3.8) is 0 Å². The molecule has 8 heteroatoms.